The van der Waals surface area contributed by atoms with Gasteiger partial charge in [0.25, 0.3) is 0 Å². The summed E-state index contributed by atoms with van der Waals surface area (Å²) in [6, 6.07) is 19.2. The Morgan fingerprint density at radius 1 is 0.951 bits per heavy atom. The van der Waals surface area contributed by atoms with Crippen LogP contribution >= 0.6 is 0 Å². The Morgan fingerprint density at radius 2 is 1.68 bits per heavy atom. The topological polar surface area (TPSA) is 94.9 Å². The smallest absolute Gasteiger partial charge is 0.405 e. The summed E-state index contributed by atoms with van der Waals surface area (Å²) in [7, 11) is 0. The lowest BCUT2D eigenvalue weighted by Crippen LogP contribution is -2.59. The molecule has 0 unspecified atom stereocenters. The number of anilines is 2. The molecule has 7 nitrogen and oxygen atoms in total. The number of alkyl halides is 3. The van der Waals surface area contributed by atoms with Crippen LogP contribution in [-0.4, -0.2) is 28.9 Å². The Hall–Kier alpha value is -3.84. The average Bonchev–Trinajstić information content (AvgIpc) is 2.95. The highest BCUT2D eigenvalue weighted by Crippen LogP contribution is 2.60. The molecule has 7 rings (SSSR count). The van der Waals surface area contributed by atoms with Crippen LogP contribution in [0.25, 0.3) is 0 Å². The molecule has 0 spiro atoms. The molecule has 0 saturated heterocycles. The standard InChI is InChI=1S/C31H33F3N6O/c32-31(33,34)41-26-9-5-4-8-22(26)17-37-29-38-18-25(15-35)28(40-29)39-19-30-12-21-10-23(13-30)27(24(11-21)14-30)36-16-20-6-2-1-3-7-20/h1-9,18,21,23-24,27,36H,10-14,16-17,19H2,(H2,37,38,39,40)/t21?,23-,24-,27?,30?/m0/s1. The van der Waals surface area contributed by atoms with E-state index in [2.05, 4.69) is 61.0 Å². The van der Waals surface area contributed by atoms with Crippen molar-refractivity contribution in [3.63, 3.8) is 0 Å². The van der Waals surface area contributed by atoms with Crippen LogP contribution in [0.5, 0.6) is 5.75 Å². The summed E-state index contributed by atoms with van der Waals surface area (Å²) < 4.78 is 42.5. The van der Waals surface area contributed by atoms with Crippen molar-refractivity contribution in [3.05, 3.63) is 77.5 Å². The molecule has 4 saturated carbocycles. The van der Waals surface area contributed by atoms with Crippen LogP contribution < -0.4 is 20.7 Å². The second-order valence-electron chi connectivity index (χ2n) is 11.8. The number of rotatable bonds is 10. The van der Waals surface area contributed by atoms with Gasteiger partial charge in [0.15, 0.2) is 0 Å². The number of hydrogen-bond acceptors (Lipinski definition) is 7. The van der Waals surface area contributed by atoms with Crippen LogP contribution in [0.15, 0.2) is 60.8 Å². The van der Waals surface area contributed by atoms with Gasteiger partial charge in [0.2, 0.25) is 5.95 Å². The molecule has 0 radical (unpaired) electrons. The molecule has 4 aliphatic carbocycles. The number of nitriles is 1. The molecule has 4 bridgehead atoms. The van der Waals surface area contributed by atoms with Gasteiger partial charge in [-0.25, -0.2) is 4.98 Å². The third-order valence-electron chi connectivity index (χ3n) is 8.96. The normalized spacial score (nSPS) is 26.4. The van der Waals surface area contributed by atoms with Gasteiger partial charge >= 0.3 is 6.36 Å². The van der Waals surface area contributed by atoms with Crippen molar-refractivity contribution in [2.75, 3.05) is 17.2 Å². The molecule has 2 aromatic carbocycles. The van der Waals surface area contributed by atoms with Crippen molar-refractivity contribution in [1.82, 2.24) is 15.3 Å². The Kier molecular flexibility index (Phi) is 7.47. The summed E-state index contributed by atoms with van der Waals surface area (Å²) >= 11 is 0. The van der Waals surface area contributed by atoms with Gasteiger partial charge in [-0.2, -0.15) is 10.2 Å². The summed E-state index contributed by atoms with van der Waals surface area (Å²) in [6.45, 7) is 1.66. The van der Waals surface area contributed by atoms with Crippen molar-refractivity contribution >= 4 is 11.8 Å². The lowest BCUT2D eigenvalue weighted by atomic mass is 9.48. The molecule has 3 aromatic rings. The Morgan fingerprint density at radius 3 is 2.41 bits per heavy atom. The largest absolute Gasteiger partial charge is 0.573 e. The van der Waals surface area contributed by atoms with Gasteiger partial charge in [-0.15, -0.1) is 13.2 Å². The van der Waals surface area contributed by atoms with Crippen LogP contribution in [0.2, 0.25) is 0 Å². The maximum atomic E-state index is 12.8. The van der Waals surface area contributed by atoms with Gasteiger partial charge in [-0.3, -0.25) is 0 Å². The Labute approximate surface area is 237 Å². The molecule has 4 aliphatic rings. The first-order chi connectivity index (χ1) is 19.8. The molecule has 0 aliphatic heterocycles. The molecule has 10 heteroatoms. The van der Waals surface area contributed by atoms with E-state index in [9.17, 15) is 18.4 Å². The molecular weight excluding hydrogens is 529 g/mol. The first-order valence-electron chi connectivity index (χ1n) is 14.1. The summed E-state index contributed by atoms with van der Waals surface area (Å²) in [6.07, 6.45) is 2.68. The first kappa shape index (κ1) is 27.3. The van der Waals surface area contributed by atoms with Gasteiger partial charge in [-0.05, 0) is 66.9 Å². The number of para-hydroxylation sites is 1. The molecule has 4 fully saturated rings. The number of nitrogens with zero attached hydrogens (tertiary/aromatic N) is 3. The van der Waals surface area contributed by atoms with Crippen molar-refractivity contribution in [2.24, 2.45) is 23.2 Å². The Balaban J connectivity index is 1.10. The predicted octanol–water partition coefficient (Wildman–Crippen LogP) is 6.26. The quantitative estimate of drug-likeness (QED) is 0.269. The molecule has 1 heterocycles. The third kappa shape index (κ3) is 6.25. The summed E-state index contributed by atoms with van der Waals surface area (Å²) in [5.74, 6) is 2.41. The fourth-order valence-corrected chi connectivity index (χ4v) is 7.58. The maximum absolute atomic E-state index is 12.8. The maximum Gasteiger partial charge on any atom is 0.573 e. The summed E-state index contributed by atoms with van der Waals surface area (Å²) in [4.78, 5) is 8.73. The number of nitrogens with one attached hydrogen (secondary N) is 3. The molecule has 41 heavy (non-hydrogen) atoms. The van der Waals surface area contributed by atoms with E-state index in [1.54, 1.807) is 12.1 Å². The minimum atomic E-state index is -4.78. The van der Waals surface area contributed by atoms with Gasteiger partial charge < -0.3 is 20.7 Å². The van der Waals surface area contributed by atoms with E-state index >= 15 is 0 Å². The molecular formula is C31H33F3N6O. The molecule has 1 aromatic heterocycles. The van der Waals surface area contributed by atoms with E-state index in [0.717, 1.165) is 31.8 Å². The van der Waals surface area contributed by atoms with Crippen LogP contribution in [-0.2, 0) is 13.1 Å². The number of halogens is 3. The van der Waals surface area contributed by atoms with Gasteiger partial charge in [0.05, 0.1) is 6.20 Å². The molecule has 0 amide bonds. The zero-order valence-corrected chi connectivity index (χ0v) is 22.6. The van der Waals surface area contributed by atoms with E-state index in [4.69, 9.17) is 0 Å². The van der Waals surface area contributed by atoms with Crippen LogP contribution in [0.4, 0.5) is 24.9 Å². The van der Waals surface area contributed by atoms with Crippen molar-refractivity contribution in [3.8, 4) is 11.8 Å². The van der Waals surface area contributed by atoms with Crippen molar-refractivity contribution in [1.29, 1.82) is 5.26 Å². The second-order valence-corrected chi connectivity index (χ2v) is 11.8. The SMILES string of the molecule is N#Cc1cnc(NCc2ccccc2OC(F)(F)F)nc1NCC12CC3C[C@@H](C1)C(NCc1ccccc1)[C@@H](C3)C2. The number of ether oxygens (including phenoxy) is 1. The van der Waals surface area contributed by atoms with Crippen LogP contribution in [0.1, 0.15) is 48.8 Å². The van der Waals surface area contributed by atoms with E-state index in [-0.39, 0.29) is 23.7 Å². The zero-order chi connectivity index (χ0) is 28.5. The fourth-order valence-electron chi connectivity index (χ4n) is 7.58. The summed E-state index contributed by atoms with van der Waals surface area (Å²) in [5, 5.41) is 20.0. The van der Waals surface area contributed by atoms with E-state index < -0.39 is 6.36 Å². The fraction of sp³-hybridized carbons (Fsp3) is 0.452. The van der Waals surface area contributed by atoms with Crippen LogP contribution in [0.3, 0.4) is 0 Å². The highest BCUT2D eigenvalue weighted by Gasteiger charge is 2.55. The monoisotopic (exact) mass is 562 g/mol. The minimum Gasteiger partial charge on any atom is -0.405 e. The molecule has 3 N–H and O–H groups in total. The minimum absolute atomic E-state index is 0.0317. The van der Waals surface area contributed by atoms with Gasteiger partial charge in [-0.1, -0.05) is 48.5 Å². The second kappa shape index (κ2) is 11.2. The summed E-state index contributed by atoms with van der Waals surface area (Å²) in [5.41, 5.74) is 2.13. The van der Waals surface area contributed by atoms with Crippen molar-refractivity contribution in [2.45, 2.75) is 57.6 Å². The Bertz CT molecular complexity index is 1390. The number of hydrogen-bond donors (Lipinski definition) is 3. The number of benzene rings is 2. The van der Waals surface area contributed by atoms with E-state index in [1.807, 2.05) is 6.07 Å². The average molecular weight is 563 g/mol. The van der Waals surface area contributed by atoms with Gasteiger partial charge in [0, 0.05) is 31.2 Å². The van der Waals surface area contributed by atoms with E-state index in [0.29, 0.717) is 34.8 Å². The number of aromatic nitrogens is 2. The highest BCUT2D eigenvalue weighted by molar-refractivity contribution is 5.53. The van der Waals surface area contributed by atoms with Crippen molar-refractivity contribution < 1.29 is 17.9 Å². The molecule has 2 atom stereocenters. The molecule has 214 valence electrons. The highest BCUT2D eigenvalue weighted by atomic mass is 19.4. The van der Waals surface area contributed by atoms with Crippen LogP contribution in [0, 0.1) is 34.5 Å². The first-order valence-corrected chi connectivity index (χ1v) is 14.1. The van der Waals surface area contributed by atoms with E-state index in [1.165, 1.54) is 43.2 Å². The lowest BCUT2D eigenvalue weighted by molar-refractivity contribution is -0.274. The predicted molar refractivity (Wildman–Crippen MR) is 149 cm³/mol. The zero-order valence-electron chi connectivity index (χ0n) is 22.6. The van der Waals surface area contributed by atoms with Gasteiger partial charge in [0.1, 0.15) is 23.2 Å². The lowest BCUT2D eigenvalue weighted by Gasteiger charge is -2.60. The third-order valence-corrected chi connectivity index (χ3v) is 8.96.